The maximum atomic E-state index is 17.9. The van der Waals surface area contributed by atoms with Crippen molar-refractivity contribution in [1.82, 2.24) is 20.2 Å². The molecule has 1 aromatic heterocycles. The predicted octanol–water partition coefficient (Wildman–Crippen LogP) is 11.8. The molecule has 1 amide bonds. The van der Waals surface area contributed by atoms with E-state index < -0.39 is 31.5 Å². The Morgan fingerprint density at radius 1 is 0.939 bits per heavy atom. The zero-order valence-corrected chi connectivity index (χ0v) is 41.7. The third kappa shape index (κ3) is 10.3. The van der Waals surface area contributed by atoms with Crippen LogP contribution in [0.5, 0.6) is 11.8 Å². The van der Waals surface area contributed by atoms with E-state index in [2.05, 4.69) is 63.2 Å². The summed E-state index contributed by atoms with van der Waals surface area (Å²) in [4.78, 5) is 27.2. The molecule has 3 aliphatic rings. The molecule has 0 bridgehead atoms. The van der Waals surface area contributed by atoms with Gasteiger partial charge in [0.2, 0.25) is 0 Å². The van der Waals surface area contributed by atoms with Gasteiger partial charge < -0.3 is 34.1 Å². The van der Waals surface area contributed by atoms with Crippen molar-refractivity contribution in [3.05, 3.63) is 53.6 Å². The number of fused-ring (bicyclic) bond motifs is 2. The Balaban J connectivity index is 1.36. The highest BCUT2D eigenvalue weighted by Crippen LogP contribution is 2.45. The average molecular weight is 930 g/mol. The third-order valence-corrected chi connectivity index (χ3v) is 20.6. The lowest BCUT2D eigenvalue weighted by atomic mass is 9.85. The molecule has 4 aromatic rings. The van der Waals surface area contributed by atoms with Gasteiger partial charge in [-0.3, -0.25) is 0 Å². The van der Waals surface area contributed by atoms with E-state index in [1.807, 2.05) is 31.7 Å². The number of nitrogens with one attached hydrogen (secondary N) is 1. The molecule has 0 saturated carbocycles. The first-order valence-corrected chi connectivity index (χ1v) is 26.3. The van der Waals surface area contributed by atoms with Gasteiger partial charge in [0.25, 0.3) is 0 Å². The van der Waals surface area contributed by atoms with Crippen LogP contribution in [0.1, 0.15) is 113 Å². The summed E-state index contributed by atoms with van der Waals surface area (Å²) >= 11 is 0. The summed E-state index contributed by atoms with van der Waals surface area (Å²) in [6.07, 6.45) is 3.76. The third-order valence-electron chi connectivity index (χ3n) is 14.3. The topological polar surface area (TPSA) is 98.3 Å². The summed E-state index contributed by atoms with van der Waals surface area (Å²) in [7, 11) is -0.786. The number of likely N-dealkylation sites (tertiary alicyclic amines) is 1. The van der Waals surface area contributed by atoms with Gasteiger partial charge in [0.15, 0.2) is 12.6 Å². The summed E-state index contributed by atoms with van der Waals surface area (Å²) in [6.45, 7) is 21.8. The first kappa shape index (κ1) is 49.3. The number of alkyl halides is 1. The molecule has 3 fully saturated rings. The molecule has 14 heteroatoms. The number of rotatable bonds is 11. The Morgan fingerprint density at radius 3 is 2.35 bits per heavy atom. The minimum atomic E-state index is -2.31. The van der Waals surface area contributed by atoms with Crippen molar-refractivity contribution >= 4 is 41.7 Å². The first-order chi connectivity index (χ1) is 31.4. The van der Waals surface area contributed by atoms with E-state index in [1.165, 1.54) is 13.2 Å². The standard InChI is InChI=1S/C52H70F3N5O5Si/c1-33(2)66(34(3)4,35(5)6)26-18-41-44(54)17-14-37-28-39(64-32-62-10)29-43(45(37)41)40-15-16-42-47(46(40)55)57-49(63-31-36-13-11-22-56-30-38(53)27-36)58-48(42)59-24-20-52(21-25-59)19-12-23-60(52)50(61)65-51(7,8)9/h14-17,28-29,33-36,38,56H,11-13,19-25,27,30-32H2,1-10H3/t36-,38-/m1/s1. The average Bonchev–Trinajstić information content (AvgIpc) is 3.66. The second kappa shape index (κ2) is 20.3. The Morgan fingerprint density at radius 2 is 1.67 bits per heavy atom. The number of piperidine rings is 1. The minimum absolute atomic E-state index is 0.00216. The molecule has 0 unspecified atom stereocenters. The smallest absolute Gasteiger partial charge is 0.410 e. The van der Waals surface area contributed by atoms with E-state index >= 15 is 8.78 Å². The van der Waals surface area contributed by atoms with Crippen LogP contribution in [0.25, 0.3) is 32.8 Å². The van der Waals surface area contributed by atoms with E-state index in [-0.39, 0.29) is 53.6 Å². The summed E-state index contributed by atoms with van der Waals surface area (Å²) in [5.74, 6) is 3.10. The number of carbonyl (C=O) groups excluding carboxylic acids is 1. The van der Waals surface area contributed by atoms with E-state index in [0.717, 1.165) is 32.2 Å². The quantitative estimate of drug-likeness (QED) is 0.0896. The summed E-state index contributed by atoms with van der Waals surface area (Å²) in [6, 6.07) is 10.1. The maximum absolute atomic E-state index is 17.9. The lowest BCUT2D eigenvalue weighted by molar-refractivity contribution is 0.00319. The number of hydrogen-bond acceptors (Lipinski definition) is 9. The zero-order chi connectivity index (χ0) is 47.6. The Bertz CT molecular complexity index is 2420. The zero-order valence-electron chi connectivity index (χ0n) is 40.7. The normalized spacial score (nSPS) is 19.4. The number of hydrogen-bond donors (Lipinski definition) is 1. The van der Waals surface area contributed by atoms with Crippen LogP contribution >= 0.6 is 0 Å². The lowest BCUT2D eigenvalue weighted by Crippen LogP contribution is -2.55. The SMILES string of the molecule is COCOc1cc(-c2ccc3c(N4CCC5(CCCN5C(=O)OC(C)(C)C)CC4)nc(OC[C@@H]4CCCNC[C@H](F)C4)nc3c2F)c2c(C#C[Si](C(C)C)(C(C)C)C(C)C)c(F)ccc2c1. The molecule has 1 N–H and O–H groups in total. The second-order valence-corrected chi connectivity index (χ2v) is 26.2. The molecule has 3 aliphatic heterocycles. The van der Waals surface area contributed by atoms with Gasteiger partial charge in [-0.25, -0.2) is 18.0 Å². The fourth-order valence-corrected chi connectivity index (χ4v) is 16.3. The number of carbonyl (C=O) groups is 1. The van der Waals surface area contributed by atoms with Crippen LogP contribution in [0.2, 0.25) is 16.6 Å². The molecule has 7 rings (SSSR count). The Hall–Kier alpha value is -4.58. The predicted molar refractivity (Wildman–Crippen MR) is 260 cm³/mol. The van der Waals surface area contributed by atoms with Crippen molar-refractivity contribution in [3.8, 4) is 34.4 Å². The number of halogens is 3. The number of ether oxygens (including phenoxy) is 4. The molecule has 3 aromatic carbocycles. The Labute approximate surface area is 390 Å². The van der Waals surface area contributed by atoms with Crippen molar-refractivity contribution in [3.63, 3.8) is 0 Å². The van der Waals surface area contributed by atoms with Crippen molar-refractivity contribution in [2.75, 3.05) is 58.1 Å². The summed E-state index contributed by atoms with van der Waals surface area (Å²) < 4.78 is 72.5. The number of amides is 1. The molecular weight excluding hydrogens is 860 g/mol. The highest BCUT2D eigenvalue weighted by Gasteiger charge is 2.47. The van der Waals surface area contributed by atoms with Gasteiger partial charge in [0.05, 0.1) is 12.2 Å². The highest BCUT2D eigenvalue weighted by atomic mass is 28.3. The van der Waals surface area contributed by atoms with Crippen LogP contribution in [-0.2, 0) is 9.47 Å². The maximum Gasteiger partial charge on any atom is 0.410 e. The van der Waals surface area contributed by atoms with Crippen LogP contribution in [0, 0.1) is 29.0 Å². The van der Waals surface area contributed by atoms with Gasteiger partial charge in [-0.2, -0.15) is 9.97 Å². The number of methoxy groups -OCH3 is 1. The van der Waals surface area contributed by atoms with Gasteiger partial charge in [-0.05, 0) is 130 Å². The van der Waals surface area contributed by atoms with Gasteiger partial charge in [-0.15, -0.1) is 5.54 Å². The van der Waals surface area contributed by atoms with Gasteiger partial charge in [0, 0.05) is 55.2 Å². The lowest BCUT2D eigenvalue weighted by Gasteiger charge is -2.45. The van der Waals surface area contributed by atoms with Crippen LogP contribution in [0.3, 0.4) is 0 Å². The van der Waals surface area contributed by atoms with Crippen molar-refractivity contribution in [1.29, 1.82) is 0 Å². The molecule has 4 heterocycles. The molecule has 66 heavy (non-hydrogen) atoms. The fourth-order valence-electron chi connectivity index (χ4n) is 11.1. The molecule has 3 saturated heterocycles. The first-order valence-electron chi connectivity index (χ1n) is 24.0. The molecule has 2 atom stereocenters. The van der Waals surface area contributed by atoms with Crippen LogP contribution in [0.4, 0.5) is 23.8 Å². The van der Waals surface area contributed by atoms with Gasteiger partial charge in [-0.1, -0.05) is 59.6 Å². The highest BCUT2D eigenvalue weighted by molar-refractivity contribution is 6.90. The van der Waals surface area contributed by atoms with Gasteiger partial charge >= 0.3 is 12.1 Å². The molecular formula is C52H70F3N5O5Si. The van der Waals surface area contributed by atoms with E-state index in [0.29, 0.717) is 95.4 Å². The number of benzene rings is 3. The molecule has 358 valence electrons. The van der Waals surface area contributed by atoms with E-state index in [4.69, 9.17) is 28.9 Å². The molecule has 0 radical (unpaired) electrons. The summed E-state index contributed by atoms with van der Waals surface area (Å²) in [5.41, 5.74) is 4.50. The summed E-state index contributed by atoms with van der Waals surface area (Å²) in [5, 5.41) is 4.75. The fraction of sp³-hybridized carbons (Fsp3) is 0.596. The number of nitrogens with zero attached hydrogens (tertiary/aromatic N) is 4. The van der Waals surface area contributed by atoms with E-state index in [9.17, 15) is 9.18 Å². The van der Waals surface area contributed by atoms with E-state index in [1.54, 1.807) is 24.3 Å². The van der Waals surface area contributed by atoms with Gasteiger partial charge in [0.1, 0.15) is 42.7 Å². The minimum Gasteiger partial charge on any atom is -0.468 e. The van der Waals surface area contributed by atoms with Crippen LogP contribution in [-0.4, -0.2) is 99.6 Å². The monoisotopic (exact) mass is 930 g/mol. The molecule has 0 aliphatic carbocycles. The largest absolute Gasteiger partial charge is 0.468 e. The molecule has 10 nitrogen and oxygen atoms in total. The van der Waals surface area contributed by atoms with Crippen molar-refractivity contribution in [2.24, 2.45) is 5.92 Å². The number of aromatic nitrogens is 2. The van der Waals surface area contributed by atoms with Crippen LogP contribution in [0.15, 0.2) is 36.4 Å². The second-order valence-electron chi connectivity index (χ2n) is 20.6. The van der Waals surface area contributed by atoms with Crippen LogP contribution < -0.4 is 19.7 Å². The molecule has 1 spiro atoms. The van der Waals surface area contributed by atoms with Crippen molar-refractivity contribution in [2.45, 2.75) is 141 Å². The number of anilines is 1. The Kier molecular flexibility index (Phi) is 15.2. The van der Waals surface area contributed by atoms with Crippen molar-refractivity contribution < 1.29 is 36.9 Å².